The number of benzene rings is 1. The number of rotatable bonds is 2. The Bertz CT molecular complexity index is 548. The summed E-state index contributed by atoms with van der Waals surface area (Å²) in [5.74, 6) is -0.0942. The van der Waals surface area contributed by atoms with E-state index in [0.29, 0.717) is 5.82 Å². The quantitative estimate of drug-likeness (QED) is 0.627. The fourth-order valence-electron chi connectivity index (χ4n) is 1.59. The smallest absolute Gasteiger partial charge is 0.374 e. The van der Waals surface area contributed by atoms with Crippen LogP contribution in [0.4, 0.5) is 0 Å². The van der Waals surface area contributed by atoms with Crippen molar-refractivity contribution in [3.05, 3.63) is 29.6 Å². The van der Waals surface area contributed by atoms with Crippen molar-refractivity contribution in [3.63, 3.8) is 0 Å². The lowest BCUT2D eigenvalue weighted by atomic mass is 10.2. The van der Waals surface area contributed by atoms with E-state index in [9.17, 15) is 4.79 Å². The van der Waals surface area contributed by atoms with E-state index < -0.39 is 5.97 Å². The molecule has 84 valence electrons. The molecule has 1 aromatic carbocycles. The number of aromatic nitrogens is 2. The van der Waals surface area contributed by atoms with Gasteiger partial charge in [0.05, 0.1) is 18.1 Å². The Balaban J connectivity index is 2.64. The molecule has 4 nitrogen and oxygen atoms in total. The minimum Gasteiger partial charge on any atom is -0.463 e. The normalized spacial score (nSPS) is 10.7. The van der Waals surface area contributed by atoms with E-state index in [1.807, 2.05) is 18.2 Å². The second-order valence-corrected chi connectivity index (χ2v) is 4.00. The summed E-state index contributed by atoms with van der Waals surface area (Å²) in [6, 6.07) is 5.88. The number of aryl methyl sites for hydroxylation is 1. The third-order valence-corrected chi connectivity index (χ3v) is 3.11. The summed E-state index contributed by atoms with van der Waals surface area (Å²) in [7, 11) is 3.16. The molecule has 1 heterocycles. The zero-order chi connectivity index (χ0) is 11.7. The number of carbonyl (C=O) groups excluding carboxylic acids is 1. The molecule has 1 aromatic heterocycles. The highest BCUT2D eigenvalue weighted by molar-refractivity contribution is 9.08. The van der Waals surface area contributed by atoms with Crippen molar-refractivity contribution >= 4 is 32.9 Å². The standard InChI is InChI=1S/C11H11BrN2O2/c1-14-9-5-7(6-12)3-4-8(9)13-10(14)11(15)16-2/h3-5H,6H2,1-2H3. The van der Waals surface area contributed by atoms with Crippen LogP contribution in [0.15, 0.2) is 18.2 Å². The van der Waals surface area contributed by atoms with Crippen LogP contribution in [0.3, 0.4) is 0 Å². The molecule has 2 rings (SSSR count). The van der Waals surface area contributed by atoms with Crippen LogP contribution in [0.25, 0.3) is 11.0 Å². The number of halogens is 1. The minimum atomic E-state index is -0.418. The zero-order valence-corrected chi connectivity index (χ0v) is 10.6. The number of fused-ring (bicyclic) bond motifs is 1. The SMILES string of the molecule is COC(=O)c1nc2ccc(CBr)cc2n1C. The first-order valence-electron chi connectivity index (χ1n) is 4.77. The van der Waals surface area contributed by atoms with Gasteiger partial charge in [-0.25, -0.2) is 9.78 Å². The highest BCUT2D eigenvalue weighted by atomic mass is 79.9. The third-order valence-electron chi connectivity index (χ3n) is 2.47. The first-order valence-corrected chi connectivity index (χ1v) is 5.89. The Morgan fingerprint density at radius 2 is 2.31 bits per heavy atom. The average molecular weight is 283 g/mol. The molecule has 0 atom stereocenters. The van der Waals surface area contributed by atoms with Crippen molar-refractivity contribution in [2.24, 2.45) is 7.05 Å². The van der Waals surface area contributed by atoms with Crippen LogP contribution in [0.2, 0.25) is 0 Å². The van der Waals surface area contributed by atoms with Crippen molar-refractivity contribution in [2.75, 3.05) is 7.11 Å². The van der Waals surface area contributed by atoms with Crippen molar-refractivity contribution in [2.45, 2.75) is 5.33 Å². The van der Waals surface area contributed by atoms with Crippen LogP contribution < -0.4 is 0 Å². The van der Waals surface area contributed by atoms with Crippen LogP contribution in [-0.4, -0.2) is 22.6 Å². The molecule has 0 aliphatic carbocycles. The summed E-state index contributed by atoms with van der Waals surface area (Å²) in [6.07, 6.45) is 0. The lowest BCUT2D eigenvalue weighted by molar-refractivity contribution is 0.0583. The van der Waals surface area contributed by atoms with E-state index in [1.54, 1.807) is 11.6 Å². The van der Waals surface area contributed by atoms with Crippen LogP contribution in [0.5, 0.6) is 0 Å². The lowest BCUT2D eigenvalue weighted by Gasteiger charge is -2.00. The summed E-state index contributed by atoms with van der Waals surface area (Å²) < 4.78 is 6.42. The molecule has 0 N–H and O–H groups in total. The summed E-state index contributed by atoms with van der Waals surface area (Å²) in [5.41, 5.74) is 2.87. The highest BCUT2D eigenvalue weighted by Crippen LogP contribution is 2.18. The molecule has 0 saturated heterocycles. The van der Waals surface area contributed by atoms with Gasteiger partial charge in [0, 0.05) is 12.4 Å². The number of hydrogen-bond donors (Lipinski definition) is 0. The third kappa shape index (κ3) is 1.71. The van der Waals surface area contributed by atoms with Gasteiger partial charge in [0.2, 0.25) is 5.82 Å². The molecular weight excluding hydrogens is 272 g/mol. The van der Waals surface area contributed by atoms with Gasteiger partial charge < -0.3 is 9.30 Å². The van der Waals surface area contributed by atoms with Crippen LogP contribution >= 0.6 is 15.9 Å². The van der Waals surface area contributed by atoms with E-state index in [-0.39, 0.29) is 0 Å². The predicted molar refractivity (Wildman–Crippen MR) is 64.7 cm³/mol. The molecule has 0 amide bonds. The van der Waals surface area contributed by atoms with Crippen molar-refractivity contribution in [1.29, 1.82) is 0 Å². The Labute approximate surface area is 101 Å². The molecule has 0 aliphatic rings. The Morgan fingerprint density at radius 3 is 2.94 bits per heavy atom. The van der Waals surface area contributed by atoms with Gasteiger partial charge in [-0.15, -0.1) is 0 Å². The second-order valence-electron chi connectivity index (χ2n) is 3.44. The first-order chi connectivity index (χ1) is 7.67. The molecule has 0 saturated carbocycles. The van der Waals surface area contributed by atoms with Crippen molar-refractivity contribution < 1.29 is 9.53 Å². The summed E-state index contributed by atoms with van der Waals surface area (Å²) in [6.45, 7) is 0. The summed E-state index contributed by atoms with van der Waals surface area (Å²) >= 11 is 3.40. The molecule has 5 heteroatoms. The monoisotopic (exact) mass is 282 g/mol. The maximum Gasteiger partial charge on any atom is 0.374 e. The summed E-state index contributed by atoms with van der Waals surface area (Å²) in [5, 5.41) is 0.779. The van der Waals surface area contributed by atoms with Crippen LogP contribution in [0.1, 0.15) is 16.2 Å². The van der Waals surface area contributed by atoms with E-state index >= 15 is 0 Å². The van der Waals surface area contributed by atoms with Crippen LogP contribution in [-0.2, 0) is 17.1 Å². The van der Waals surface area contributed by atoms with Gasteiger partial charge in [0.1, 0.15) is 0 Å². The molecule has 0 radical (unpaired) electrons. The van der Waals surface area contributed by atoms with Crippen molar-refractivity contribution in [3.8, 4) is 0 Å². The number of hydrogen-bond acceptors (Lipinski definition) is 3. The predicted octanol–water partition coefficient (Wildman–Crippen LogP) is 2.25. The average Bonchev–Trinajstić information content (AvgIpc) is 2.65. The largest absolute Gasteiger partial charge is 0.463 e. The molecule has 0 bridgehead atoms. The van der Waals surface area contributed by atoms with Crippen molar-refractivity contribution in [1.82, 2.24) is 9.55 Å². The minimum absolute atomic E-state index is 0.323. The maximum absolute atomic E-state index is 11.4. The lowest BCUT2D eigenvalue weighted by Crippen LogP contribution is -2.08. The van der Waals surface area contributed by atoms with E-state index in [1.165, 1.54) is 7.11 Å². The van der Waals surface area contributed by atoms with E-state index in [2.05, 4.69) is 25.7 Å². The van der Waals surface area contributed by atoms with Gasteiger partial charge in [0.25, 0.3) is 0 Å². The fourth-order valence-corrected chi connectivity index (χ4v) is 1.94. The number of esters is 1. The molecule has 0 fully saturated rings. The number of imidazole rings is 1. The van der Waals surface area contributed by atoms with E-state index in [4.69, 9.17) is 0 Å². The molecule has 0 unspecified atom stereocenters. The van der Waals surface area contributed by atoms with Gasteiger partial charge in [-0.05, 0) is 17.7 Å². The number of nitrogens with zero attached hydrogens (tertiary/aromatic N) is 2. The first kappa shape index (κ1) is 11.1. The zero-order valence-electron chi connectivity index (χ0n) is 9.03. The van der Waals surface area contributed by atoms with Gasteiger partial charge in [0.15, 0.2) is 0 Å². The number of ether oxygens (including phenoxy) is 1. The number of carbonyl (C=O) groups is 1. The Hall–Kier alpha value is -1.36. The fraction of sp³-hybridized carbons (Fsp3) is 0.273. The maximum atomic E-state index is 11.4. The number of methoxy groups -OCH3 is 1. The Kier molecular flexibility index (Phi) is 2.96. The van der Waals surface area contributed by atoms with Gasteiger partial charge >= 0.3 is 5.97 Å². The molecule has 0 aliphatic heterocycles. The van der Waals surface area contributed by atoms with Crippen LogP contribution in [0, 0.1) is 0 Å². The molecule has 16 heavy (non-hydrogen) atoms. The van der Waals surface area contributed by atoms with Gasteiger partial charge in [-0.1, -0.05) is 22.0 Å². The molecule has 0 spiro atoms. The van der Waals surface area contributed by atoms with Gasteiger partial charge in [-0.3, -0.25) is 0 Å². The second kappa shape index (κ2) is 4.25. The summed E-state index contributed by atoms with van der Waals surface area (Å²) in [4.78, 5) is 15.7. The number of alkyl halides is 1. The van der Waals surface area contributed by atoms with E-state index in [0.717, 1.165) is 21.9 Å². The molecular formula is C11H11BrN2O2. The highest BCUT2D eigenvalue weighted by Gasteiger charge is 2.15. The topological polar surface area (TPSA) is 44.1 Å². The Morgan fingerprint density at radius 1 is 1.56 bits per heavy atom. The van der Waals surface area contributed by atoms with Gasteiger partial charge in [-0.2, -0.15) is 0 Å². The molecule has 2 aromatic rings.